The molecule has 0 bridgehead atoms. The average molecular weight is 281 g/mol. The Morgan fingerprint density at radius 1 is 1.11 bits per heavy atom. The molecule has 0 spiro atoms. The summed E-state index contributed by atoms with van der Waals surface area (Å²) in [5, 5.41) is 1.96. The molecule has 0 aliphatic carbocycles. The van der Waals surface area contributed by atoms with Crippen LogP contribution in [0.15, 0.2) is 40.6 Å². The Kier molecular flexibility index (Phi) is 3.85. The van der Waals surface area contributed by atoms with Crippen molar-refractivity contribution in [3.8, 4) is 0 Å². The third-order valence-electron chi connectivity index (χ3n) is 2.72. The summed E-state index contributed by atoms with van der Waals surface area (Å²) < 4.78 is 26.7. The number of benzene rings is 1. The van der Waals surface area contributed by atoms with Crippen molar-refractivity contribution in [3.05, 3.63) is 51.7 Å². The van der Waals surface area contributed by atoms with Gasteiger partial charge in [0.15, 0.2) is 0 Å². The van der Waals surface area contributed by atoms with E-state index < -0.39 is 10.0 Å². The highest BCUT2D eigenvalue weighted by Gasteiger charge is 2.13. The monoisotopic (exact) mass is 281 g/mol. The van der Waals surface area contributed by atoms with Gasteiger partial charge in [0.2, 0.25) is 10.0 Å². The van der Waals surface area contributed by atoms with Gasteiger partial charge in [0.1, 0.15) is 0 Å². The average Bonchev–Trinajstić information content (AvgIpc) is 2.73. The molecule has 0 amide bonds. The number of rotatable bonds is 4. The summed E-state index contributed by atoms with van der Waals surface area (Å²) in [7, 11) is -3.41. The topological polar surface area (TPSA) is 46.2 Å². The molecular formula is C13H15NO2S2. The van der Waals surface area contributed by atoms with Crippen molar-refractivity contribution in [1.82, 2.24) is 4.72 Å². The van der Waals surface area contributed by atoms with Gasteiger partial charge in [-0.1, -0.05) is 17.7 Å². The van der Waals surface area contributed by atoms with Crippen LogP contribution < -0.4 is 4.72 Å². The first-order valence-corrected chi connectivity index (χ1v) is 7.94. The van der Waals surface area contributed by atoms with Crippen molar-refractivity contribution < 1.29 is 8.42 Å². The van der Waals surface area contributed by atoms with Gasteiger partial charge < -0.3 is 0 Å². The molecular weight excluding hydrogens is 266 g/mol. The zero-order valence-corrected chi connectivity index (χ0v) is 11.9. The van der Waals surface area contributed by atoms with Crippen molar-refractivity contribution in [1.29, 1.82) is 0 Å². The van der Waals surface area contributed by atoms with Gasteiger partial charge in [-0.25, -0.2) is 13.1 Å². The lowest BCUT2D eigenvalue weighted by atomic mass is 10.2. The fourth-order valence-corrected chi connectivity index (χ4v) is 3.48. The van der Waals surface area contributed by atoms with Gasteiger partial charge in [-0.2, -0.15) is 0 Å². The maximum Gasteiger partial charge on any atom is 0.240 e. The van der Waals surface area contributed by atoms with Crippen LogP contribution in [0.2, 0.25) is 0 Å². The Balaban J connectivity index is 2.13. The molecule has 18 heavy (non-hydrogen) atoms. The van der Waals surface area contributed by atoms with Crippen molar-refractivity contribution >= 4 is 21.4 Å². The molecule has 1 aromatic carbocycles. The highest BCUT2D eigenvalue weighted by Crippen LogP contribution is 2.16. The molecule has 0 saturated heterocycles. The number of nitrogens with one attached hydrogen (secondary N) is 1. The van der Waals surface area contributed by atoms with Crippen molar-refractivity contribution in [2.24, 2.45) is 0 Å². The summed E-state index contributed by atoms with van der Waals surface area (Å²) in [6.45, 7) is 4.25. The zero-order valence-electron chi connectivity index (χ0n) is 10.3. The van der Waals surface area contributed by atoms with Crippen LogP contribution in [0, 0.1) is 13.8 Å². The minimum absolute atomic E-state index is 0.308. The minimum Gasteiger partial charge on any atom is -0.207 e. The first-order chi connectivity index (χ1) is 8.49. The zero-order chi connectivity index (χ0) is 13.2. The van der Waals surface area contributed by atoms with Crippen molar-refractivity contribution in [2.75, 3.05) is 0 Å². The summed E-state index contributed by atoms with van der Waals surface area (Å²) in [5.74, 6) is 0. The van der Waals surface area contributed by atoms with Gasteiger partial charge >= 0.3 is 0 Å². The van der Waals surface area contributed by atoms with E-state index in [1.807, 2.05) is 25.3 Å². The van der Waals surface area contributed by atoms with Crippen molar-refractivity contribution in [3.63, 3.8) is 0 Å². The van der Waals surface area contributed by atoms with Crippen molar-refractivity contribution in [2.45, 2.75) is 25.3 Å². The quantitative estimate of drug-likeness (QED) is 0.936. The van der Waals surface area contributed by atoms with Gasteiger partial charge in [0, 0.05) is 11.4 Å². The van der Waals surface area contributed by atoms with E-state index in [9.17, 15) is 8.42 Å². The highest BCUT2D eigenvalue weighted by molar-refractivity contribution is 7.89. The standard InChI is InChI=1S/C13H15NO2S2/c1-10-3-5-12(6-4-10)18(15,16)14-9-13-11(2)7-8-17-13/h3-8,14H,9H2,1-2H3. The van der Waals surface area contributed by atoms with Gasteiger partial charge in [-0.05, 0) is 43.0 Å². The Labute approximate surface area is 112 Å². The maximum atomic E-state index is 12.0. The lowest BCUT2D eigenvalue weighted by Gasteiger charge is -2.06. The summed E-state index contributed by atoms with van der Waals surface area (Å²) in [6, 6.07) is 8.83. The van der Waals surface area contributed by atoms with E-state index in [1.54, 1.807) is 35.6 Å². The molecule has 3 nitrogen and oxygen atoms in total. The highest BCUT2D eigenvalue weighted by atomic mass is 32.2. The number of hydrogen-bond donors (Lipinski definition) is 1. The molecule has 0 saturated carbocycles. The predicted octanol–water partition coefficient (Wildman–Crippen LogP) is 2.84. The molecule has 2 rings (SSSR count). The van der Waals surface area contributed by atoms with E-state index in [0.717, 1.165) is 16.0 Å². The third-order valence-corrected chi connectivity index (χ3v) is 5.16. The molecule has 0 atom stereocenters. The molecule has 96 valence electrons. The lowest BCUT2D eigenvalue weighted by molar-refractivity contribution is 0.581. The van der Waals surface area contributed by atoms with Gasteiger partial charge in [-0.15, -0.1) is 11.3 Å². The maximum absolute atomic E-state index is 12.0. The van der Waals surface area contributed by atoms with Gasteiger partial charge in [-0.3, -0.25) is 0 Å². The lowest BCUT2D eigenvalue weighted by Crippen LogP contribution is -2.23. The molecule has 0 fully saturated rings. The molecule has 0 radical (unpaired) electrons. The Morgan fingerprint density at radius 2 is 1.78 bits per heavy atom. The number of aryl methyl sites for hydroxylation is 2. The molecule has 1 aromatic heterocycles. The van der Waals surface area contributed by atoms with Crippen LogP contribution >= 0.6 is 11.3 Å². The number of thiophene rings is 1. The fourth-order valence-electron chi connectivity index (χ4n) is 1.55. The van der Waals surface area contributed by atoms with Crippen LogP contribution in [-0.2, 0) is 16.6 Å². The normalized spacial score (nSPS) is 11.7. The van der Waals surface area contributed by atoms with Gasteiger partial charge in [0.05, 0.1) is 4.90 Å². The Bertz CT molecular complexity index is 627. The second-order valence-electron chi connectivity index (χ2n) is 4.16. The molecule has 1 heterocycles. The van der Waals surface area contributed by atoms with Crippen LogP contribution in [0.5, 0.6) is 0 Å². The minimum atomic E-state index is -3.41. The molecule has 2 aromatic rings. The van der Waals surface area contributed by atoms with E-state index in [-0.39, 0.29) is 0 Å². The first kappa shape index (κ1) is 13.3. The third kappa shape index (κ3) is 2.98. The number of sulfonamides is 1. The summed E-state index contributed by atoms with van der Waals surface area (Å²) in [6.07, 6.45) is 0. The summed E-state index contributed by atoms with van der Waals surface area (Å²) in [5.41, 5.74) is 2.16. The SMILES string of the molecule is Cc1ccc(S(=O)(=O)NCc2sccc2C)cc1. The van der Waals surface area contributed by atoms with Crippen LogP contribution in [-0.4, -0.2) is 8.42 Å². The van der Waals surface area contributed by atoms with E-state index in [4.69, 9.17) is 0 Å². The second kappa shape index (κ2) is 5.22. The smallest absolute Gasteiger partial charge is 0.207 e. The van der Waals surface area contributed by atoms with Crippen LogP contribution in [0.1, 0.15) is 16.0 Å². The molecule has 0 aliphatic heterocycles. The van der Waals surface area contributed by atoms with Crippen LogP contribution in [0.25, 0.3) is 0 Å². The molecule has 0 aliphatic rings. The summed E-state index contributed by atoms with van der Waals surface area (Å²) >= 11 is 1.56. The first-order valence-electron chi connectivity index (χ1n) is 5.58. The van der Waals surface area contributed by atoms with E-state index in [1.165, 1.54) is 0 Å². The van der Waals surface area contributed by atoms with E-state index in [0.29, 0.717) is 11.4 Å². The molecule has 0 unspecified atom stereocenters. The van der Waals surface area contributed by atoms with Crippen LogP contribution in [0.4, 0.5) is 0 Å². The van der Waals surface area contributed by atoms with Crippen LogP contribution in [0.3, 0.4) is 0 Å². The van der Waals surface area contributed by atoms with Gasteiger partial charge in [0.25, 0.3) is 0 Å². The molecule has 5 heteroatoms. The number of hydrogen-bond acceptors (Lipinski definition) is 3. The second-order valence-corrected chi connectivity index (χ2v) is 6.93. The fraction of sp³-hybridized carbons (Fsp3) is 0.231. The molecule has 1 N–H and O–H groups in total. The predicted molar refractivity (Wildman–Crippen MR) is 74.3 cm³/mol. The van der Waals surface area contributed by atoms with E-state index >= 15 is 0 Å². The van der Waals surface area contributed by atoms with E-state index in [2.05, 4.69) is 4.72 Å². The largest absolute Gasteiger partial charge is 0.240 e. The summed E-state index contributed by atoms with van der Waals surface area (Å²) in [4.78, 5) is 1.35. The Morgan fingerprint density at radius 3 is 2.33 bits per heavy atom. The Hall–Kier alpha value is -1.17.